The van der Waals surface area contributed by atoms with Gasteiger partial charge in [0.05, 0.1) is 34.1 Å². The van der Waals surface area contributed by atoms with Crippen molar-refractivity contribution >= 4 is 34.5 Å². The van der Waals surface area contributed by atoms with Crippen molar-refractivity contribution in [3.63, 3.8) is 0 Å². The third-order valence-corrected chi connectivity index (χ3v) is 3.00. The molecular weight excluding hydrogens is 252 g/mol. The van der Waals surface area contributed by atoms with E-state index in [0.717, 1.165) is 17.1 Å². The maximum Gasteiger partial charge on any atom is 0.257 e. The van der Waals surface area contributed by atoms with Crippen molar-refractivity contribution < 1.29 is 4.79 Å². The van der Waals surface area contributed by atoms with Crippen LogP contribution in [0.5, 0.6) is 0 Å². The van der Waals surface area contributed by atoms with Crippen LogP contribution in [-0.2, 0) is 0 Å². The molecule has 5 heteroatoms. The Labute approximate surface area is 116 Å². The molecule has 5 nitrogen and oxygen atoms in total. The smallest absolute Gasteiger partial charge is 0.257 e. The Hall–Kier alpha value is -2.82. The fourth-order valence-electron chi connectivity index (χ4n) is 2.14. The number of amides is 1. The van der Waals surface area contributed by atoms with E-state index in [1.807, 2.05) is 36.4 Å². The standard InChI is InChI=1S/C15H14N4O/c1-9(16)17-10-6-7-12-11(8-10)15(20)19-14-5-3-2-4-13(14)18-12/h2-8,18H,1H3,(H2,16,17)(H,19,20). The number of aliphatic imine (C=N–C) groups is 1. The van der Waals surface area contributed by atoms with Gasteiger partial charge >= 0.3 is 0 Å². The van der Waals surface area contributed by atoms with Crippen molar-refractivity contribution in [3.05, 3.63) is 48.0 Å². The van der Waals surface area contributed by atoms with Gasteiger partial charge in [-0.05, 0) is 37.3 Å². The summed E-state index contributed by atoms with van der Waals surface area (Å²) in [5.74, 6) is 0.291. The van der Waals surface area contributed by atoms with E-state index in [1.54, 1.807) is 13.0 Å². The third-order valence-electron chi connectivity index (χ3n) is 3.00. The minimum atomic E-state index is -0.163. The zero-order valence-corrected chi connectivity index (χ0v) is 11.0. The molecule has 0 bridgehead atoms. The molecule has 20 heavy (non-hydrogen) atoms. The van der Waals surface area contributed by atoms with Gasteiger partial charge in [0, 0.05) is 0 Å². The zero-order chi connectivity index (χ0) is 14.1. The average molecular weight is 266 g/mol. The lowest BCUT2D eigenvalue weighted by Crippen LogP contribution is -2.10. The topological polar surface area (TPSA) is 79.5 Å². The molecule has 3 rings (SSSR count). The Kier molecular flexibility index (Phi) is 2.87. The van der Waals surface area contributed by atoms with Crippen molar-refractivity contribution in [2.45, 2.75) is 6.92 Å². The molecule has 0 unspecified atom stereocenters. The molecule has 0 saturated heterocycles. The molecule has 0 saturated carbocycles. The number of amidine groups is 1. The van der Waals surface area contributed by atoms with Crippen LogP contribution in [0.1, 0.15) is 17.3 Å². The highest BCUT2D eigenvalue weighted by Gasteiger charge is 2.18. The Morgan fingerprint density at radius 2 is 1.75 bits per heavy atom. The number of fused-ring (bicyclic) bond motifs is 2. The van der Waals surface area contributed by atoms with Gasteiger partial charge in [0.2, 0.25) is 0 Å². The van der Waals surface area contributed by atoms with E-state index < -0.39 is 0 Å². The Bertz CT molecular complexity index is 718. The molecule has 0 aromatic heterocycles. The van der Waals surface area contributed by atoms with Crippen LogP contribution in [-0.4, -0.2) is 11.7 Å². The fourth-order valence-corrected chi connectivity index (χ4v) is 2.14. The van der Waals surface area contributed by atoms with Gasteiger partial charge in [-0.3, -0.25) is 4.79 Å². The summed E-state index contributed by atoms with van der Waals surface area (Å²) in [6.45, 7) is 1.71. The van der Waals surface area contributed by atoms with Crippen LogP contribution in [0, 0.1) is 0 Å². The van der Waals surface area contributed by atoms with Gasteiger partial charge < -0.3 is 16.4 Å². The van der Waals surface area contributed by atoms with E-state index in [9.17, 15) is 4.79 Å². The number of carbonyl (C=O) groups is 1. The van der Waals surface area contributed by atoms with Gasteiger partial charge in [0.15, 0.2) is 0 Å². The summed E-state index contributed by atoms with van der Waals surface area (Å²) in [5, 5.41) is 6.13. The maximum atomic E-state index is 12.3. The molecule has 2 aromatic carbocycles. The first kappa shape index (κ1) is 12.2. The lowest BCUT2D eigenvalue weighted by molar-refractivity contribution is 0.102. The summed E-state index contributed by atoms with van der Waals surface area (Å²) in [5.41, 5.74) is 9.15. The number of hydrogen-bond donors (Lipinski definition) is 3. The minimum absolute atomic E-state index is 0.163. The lowest BCUT2D eigenvalue weighted by atomic mass is 10.1. The van der Waals surface area contributed by atoms with Gasteiger partial charge in [0.1, 0.15) is 0 Å². The largest absolute Gasteiger partial charge is 0.387 e. The maximum absolute atomic E-state index is 12.3. The summed E-state index contributed by atoms with van der Waals surface area (Å²) in [4.78, 5) is 16.4. The van der Waals surface area contributed by atoms with Crippen LogP contribution in [0.4, 0.5) is 22.7 Å². The summed E-state index contributed by atoms with van der Waals surface area (Å²) in [6, 6.07) is 12.9. The molecule has 0 fully saturated rings. The first-order chi connectivity index (χ1) is 9.63. The summed E-state index contributed by atoms with van der Waals surface area (Å²) in [7, 11) is 0. The molecule has 1 aliphatic rings. The van der Waals surface area contributed by atoms with E-state index in [2.05, 4.69) is 15.6 Å². The molecule has 2 aromatic rings. The van der Waals surface area contributed by atoms with Crippen molar-refractivity contribution in [1.82, 2.24) is 0 Å². The van der Waals surface area contributed by atoms with E-state index in [4.69, 9.17) is 5.73 Å². The second kappa shape index (κ2) is 4.70. The molecule has 0 aliphatic carbocycles. The number of para-hydroxylation sites is 2. The van der Waals surface area contributed by atoms with Crippen LogP contribution in [0.3, 0.4) is 0 Å². The first-order valence-electron chi connectivity index (χ1n) is 6.26. The predicted octanol–water partition coefficient (Wildman–Crippen LogP) is 3.00. The van der Waals surface area contributed by atoms with Crippen LogP contribution in [0.25, 0.3) is 0 Å². The predicted molar refractivity (Wildman–Crippen MR) is 81.1 cm³/mol. The van der Waals surface area contributed by atoms with Gasteiger partial charge in [-0.15, -0.1) is 0 Å². The van der Waals surface area contributed by atoms with Crippen molar-refractivity contribution in [2.75, 3.05) is 10.6 Å². The van der Waals surface area contributed by atoms with Crippen LogP contribution < -0.4 is 16.4 Å². The quantitative estimate of drug-likeness (QED) is 0.548. The Morgan fingerprint density at radius 3 is 2.45 bits per heavy atom. The number of hydrogen-bond acceptors (Lipinski definition) is 3. The normalized spacial score (nSPS) is 13.7. The molecular formula is C15H14N4O. The van der Waals surface area contributed by atoms with Crippen LogP contribution in [0.15, 0.2) is 47.5 Å². The summed E-state index contributed by atoms with van der Waals surface area (Å²) in [6.07, 6.45) is 0. The number of benzene rings is 2. The van der Waals surface area contributed by atoms with Gasteiger partial charge in [0.25, 0.3) is 5.91 Å². The second-order valence-corrected chi connectivity index (χ2v) is 4.61. The van der Waals surface area contributed by atoms with E-state index >= 15 is 0 Å². The molecule has 1 amide bonds. The van der Waals surface area contributed by atoms with Crippen molar-refractivity contribution in [3.8, 4) is 0 Å². The summed E-state index contributed by atoms with van der Waals surface area (Å²) >= 11 is 0. The number of nitrogens with two attached hydrogens (primary N) is 1. The number of anilines is 3. The Balaban J connectivity index is 2.09. The van der Waals surface area contributed by atoms with E-state index in [0.29, 0.717) is 17.1 Å². The second-order valence-electron chi connectivity index (χ2n) is 4.61. The molecule has 1 heterocycles. The van der Waals surface area contributed by atoms with Crippen molar-refractivity contribution in [2.24, 2.45) is 10.7 Å². The molecule has 100 valence electrons. The Morgan fingerprint density at radius 1 is 1.05 bits per heavy atom. The van der Waals surface area contributed by atoms with Crippen molar-refractivity contribution in [1.29, 1.82) is 0 Å². The summed E-state index contributed by atoms with van der Waals surface area (Å²) < 4.78 is 0. The fraction of sp³-hybridized carbons (Fsp3) is 0.0667. The SMILES string of the molecule is CC(N)=Nc1ccc2c(c1)C(=O)Nc1ccccc1N2. The average Bonchev–Trinajstić information content (AvgIpc) is 2.54. The molecule has 1 aliphatic heterocycles. The first-order valence-corrected chi connectivity index (χ1v) is 6.26. The van der Waals surface area contributed by atoms with Crippen LogP contribution >= 0.6 is 0 Å². The van der Waals surface area contributed by atoms with Crippen LogP contribution in [0.2, 0.25) is 0 Å². The highest BCUT2D eigenvalue weighted by molar-refractivity contribution is 6.12. The minimum Gasteiger partial charge on any atom is -0.387 e. The van der Waals surface area contributed by atoms with Gasteiger partial charge in [-0.1, -0.05) is 12.1 Å². The third kappa shape index (κ3) is 2.21. The zero-order valence-electron chi connectivity index (χ0n) is 11.0. The highest BCUT2D eigenvalue weighted by Crippen LogP contribution is 2.33. The number of nitrogens with one attached hydrogen (secondary N) is 2. The monoisotopic (exact) mass is 266 g/mol. The lowest BCUT2D eigenvalue weighted by Gasteiger charge is -2.08. The number of rotatable bonds is 1. The van der Waals surface area contributed by atoms with Gasteiger partial charge in [-0.2, -0.15) is 0 Å². The number of carbonyl (C=O) groups excluding carboxylic acids is 1. The van der Waals surface area contributed by atoms with E-state index in [-0.39, 0.29) is 5.91 Å². The molecule has 0 spiro atoms. The van der Waals surface area contributed by atoms with E-state index in [1.165, 1.54) is 0 Å². The number of nitrogens with zero attached hydrogens (tertiary/aromatic N) is 1. The highest BCUT2D eigenvalue weighted by atomic mass is 16.1. The van der Waals surface area contributed by atoms with Gasteiger partial charge in [-0.25, -0.2) is 4.99 Å². The molecule has 4 N–H and O–H groups in total. The molecule has 0 radical (unpaired) electrons. The molecule has 0 atom stereocenters.